The van der Waals surface area contributed by atoms with E-state index in [1.54, 1.807) is 0 Å². The summed E-state index contributed by atoms with van der Waals surface area (Å²) in [7, 11) is 0. The number of nitrogens with zero attached hydrogens (tertiary/aromatic N) is 4. The van der Waals surface area contributed by atoms with E-state index in [1.807, 2.05) is 13.0 Å². The van der Waals surface area contributed by atoms with Gasteiger partial charge in [0.05, 0.1) is 18.5 Å². The van der Waals surface area contributed by atoms with Crippen molar-refractivity contribution in [3.8, 4) is 0 Å². The Hall–Kier alpha value is -1.86. The molecule has 2 heterocycles. The molecule has 1 aromatic carbocycles. The van der Waals surface area contributed by atoms with Crippen molar-refractivity contribution >= 4 is 23.5 Å². The van der Waals surface area contributed by atoms with E-state index in [4.69, 9.17) is 4.74 Å². The SMILES string of the molecule is CCn1c(S[C@H](C)C(=O)c2ccc3c(c2)CCC3)nnc1N1CCOCC1. The number of anilines is 1. The number of ketones is 1. The lowest BCUT2D eigenvalue weighted by molar-refractivity contribution is 0.0993. The summed E-state index contributed by atoms with van der Waals surface area (Å²) in [6.45, 7) is 7.91. The number of aryl methyl sites for hydroxylation is 2. The maximum absolute atomic E-state index is 13.0. The highest BCUT2D eigenvalue weighted by Gasteiger charge is 2.24. The summed E-state index contributed by atoms with van der Waals surface area (Å²) in [6.07, 6.45) is 3.42. The number of morpholine rings is 1. The second kappa shape index (κ2) is 8.02. The molecule has 1 saturated heterocycles. The van der Waals surface area contributed by atoms with Gasteiger partial charge in [0.1, 0.15) is 0 Å². The molecule has 0 unspecified atom stereocenters. The number of rotatable bonds is 6. The van der Waals surface area contributed by atoms with Crippen molar-refractivity contribution in [3.63, 3.8) is 0 Å². The molecule has 1 aromatic heterocycles. The molecule has 1 aliphatic heterocycles. The summed E-state index contributed by atoms with van der Waals surface area (Å²) in [5.41, 5.74) is 3.55. The second-order valence-corrected chi connectivity index (χ2v) is 8.40. The molecule has 144 valence electrons. The first-order valence-corrected chi connectivity index (χ1v) is 10.6. The fourth-order valence-corrected chi connectivity index (χ4v) is 4.80. The molecule has 6 nitrogen and oxygen atoms in total. The highest BCUT2D eigenvalue weighted by molar-refractivity contribution is 8.00. The normalized spacial score (nSPS) is 17.8. The minimum absolute atomic E-state index is 0.160. The molecule has 2 aliphatic rings. The lowest BCUT2D eigenvalue weighted by Gasteiger charge is -2.27. The average Bonchev–Trinajstić information content (AvgIpc) is 3.33. The summed E-state index contributed by atoms with van der Waals surface area (Å²) in [6, 6.07) is 6.19. The number of hydrogen-bond acceptors (Lipinski definition) is 6. The van der Waals surface area contributed by atoms with Gasteiger partial charge in [0, 0.05) is 25.2 Å². The Balaban J connectivity index is 1.49. The zero-order valence-electron chi connectivity index (χ0n) is 16.0. The maximum atomic E-state index is 13.0. The first-order valence-electron chi connectivity index (χ1n) is 9.76. The molecule has 1 atom stereocenters. The van der Waals surface area contributed by atoms with Crippen molar-refractivity contribution < 1.29 is 9.53 Å². The van der Waals surface area contributed by atoms with Gasteiger partial charge in [-0.3, -0.25) is 9.36 Å². The van der Waals surface area contributed by atoms with Crippen LogP contribution < -0.4 is 4.90 Å². The Labute approximate surface area is 164 Å². The Morgan fingerprint density at radius 2 is 2.00 bits per heavy atom. The van der Waals surface area contributed by atoms with Crippen LogP contribution in [0.4, 0.5) is 5.95 Å². The van der Waals surface area contributed by atoms with Crippen molar-refractivity contribution in [3.05, 3.63) is 34.9 Å². The van der Waals surface area contributed by atoms with Crippen LogP contribution in [0.5, 0.6) is 0 Å². The van der Waals surface area contributed by atoms with Crippen molar-refractivity contribution in [2.75, 3.05) is 31.2 Å². The highest BCUT2D eigenvalue weighted by atomic mass is 32.2. The van der Waals surface area contributed by atoms with Crippen LogP contribution in [0.1, 0.15) is 41.8 Å². The second-order valence-electron chi connectivity index (χ2n) is 7.09. The van der Waals surface area contributed by atoms with Crippen LogP contribution >= 0.6 is 11.8 Å². The van der Waals surface area contributed by atoms with Gasteiger partial charge in [0.25, 0.3) is 0 Å². The van der Waals surface area contributed by atoms with Gasteiger partial charge in [0.15, 0.2) is 10.9 Å². The fourth-order valence-electron chi connectivity index (χ4n) is 3.81. The molecule has 7 heteroatoms. The van der Waals surface area contributed by atoms with E-state index in [9.17, 15) is 4.79 Å². The Morgan fingerprint density at radius 3 is 2.78 bits per heavy atom. The summed E-state index contributed by atoms with van der Waals surface area (Å²) in [5.74, 6) is 1.04. The topological polar surface area (TPSA) is 60.2 Å². The Kier molecular flexibility index (Phi) is 5.50. The van der Waals surface area contributed by atoms with Gasteiger partial charge < -0.3 is 9.64 Å². The van der Waals surface area contributed by atoms with Gasteiger partial charge in [-0.05, 0) is 50.3 Å². The number of aromatic nitrogens is 3. The van der Waals surface area contributed by atoms with Crippen LogP contribution in [0.25, 0.3) is 0 Å². The van der Waals surface area contributed by atoms with E-state index in [1.165, 1.54) is 29.3 Å². The highest BCUT2D eigenvalue weighted by Crippen LogP contribution is 2.29. The third kappa shape index (κ3) is 3.75. The molecular formula is C20H26N4O2S. The van der Waals surface area contributed by atoms with Crippen molar-refractivity contribution in [1.82, 2.24) is 14.8 Å². The van der Waals surface area contributed by atoms with E-state index in [-0.39, 0.29) is 11.0 Å². The maximum Gasteiger partial charge on any atom is 0.228 e. The van der Waals surface area contributed by atoms with Crippen LogP contribution in [-0.4, -0.2) is 52.1 Å². The first kappa shape index (κ1) is 18.5. The van der Waals surface area contributed by atoms with E-state index in [0.29, 0.717) is 13.2 Å². The standard InChI is InChI=1S/C20H26N4O2S/c1-3-24-19(23-9-11-26-12-10-23)21-22-20(24)27-14(2)18(25)17-8-7-15-5-4-6-16(15)13-17/h7-8,13-14H,3-6,9-12H2,1-2H3/t14-/m1/s1. The van der Waals surface area contributed by atoms with E-state index in [2.05, 4.69) is 38.7 Å². The van der Waals surface area contributed by atoms with Crippen LogP contribution in [-0.2, 0) is 24.1 Å². The zero-order chi connectivity index (χ0) is 18.8. The molecule has 1 aliphatic carbocycles. The van der Waals surface area contributed by atoms with E-state index in [0.717, 1.165) is 49.1 Å². The number of carbonyl (C=O) groups excluding carboxylic acids is 1. The summed E-state index contributed by atoms with van der Waals surface area (Å²) < 4.78 is 7.53. The third-order valence-electron chi connectivity index (χ3n) is 5.34. The number of ether oxygens (including phenoxy) is 1. The molecule has 4 rings (SSSR count). The number of benzene rings is 1. The van der Waals surface area contributed by atoms with Gasteiger partial charge >= 0.3 is 0 Å². The molecule has 2 aromatic rings. The Bertz CT molecular complexity index is 829. The van der Waals surface area contributed by atoms with E-state index >= 15 is 0 Å². The predicted molar refractivity (Wildman–Crippen MR) is 107 cm³/mol. The quantitative estimate of drug-likeness (QED) is 0.562. The molecule has 1 fully saturated rings. The average molecular weight is 387 g/mol. The molecule has 0 amide bonds. The van der Waals surface area contributed by atoms with Gasteiger partial charge in [-0.1, -0.05) is 23.9 Å². The minimum Gasteiger partial charge on any atom is -0.378 e. The van der Waals surface area contributed by atoms with Crippen LogP contribution in [0.15, 0.2) is 23.4 Å². The minimum atomic E-state index is -0.198. The van der Waals surface area contributed by atoms with Crippen LogP contribution in [0.3, 0.4) is 0 Å². The third-order valence-corrected chi connectivity index (χ3v) is 6.42. The fraction of sp³-hybridized carbons (Fsp3) is 0.550. The number of hydrogen-bond donors (Lipinski definition) is 0. The molecule has 0 radical (unpaired) electrons. The van der Waals surface area contributed by atoms with Crippen LogP contribution in [0.2, 0.25) is 0 Å². The first-order chi connectivity index (χ1) is 13.2. The molecule has 0 spiro atoms. The number of thioether (sulfide) groups is 1. The van der Waals surface area contributed by atoms with Gasteiger partial charge in [0.2, 0.25) is 5.95 Å². The summed E-state index contributed by atoms with van der Waals surface area (Å²) >= 11 is 1.50. The molecule has 0 N–H and O–H groups in total. The number of Topliss-reactive ketones (excluding diaryl/α,β-unsaturated/α-hetero) is 1. The van der Waals surface area contributed by atoms with Gasteiger partial charge in [-0.25, -0.2) is 0 Å². The lowest BCUT2D eigenvalue weighted by atomic mass is 10.0. The molecular weight excluding hydrogens is 360 g/mol. The number of carbonyl (C=O) groups is 1. The monoisotopic (exact) mass is 386 g/mol. The molecule has 0 saturated carbocycles. The van der Waals surface area contributed by atoms with Gasteiger partial charge in [-0.15, -0.1) is 10.2 Å². The molecule has 27 heavy (non-hydrogen) atoms. The Morgan fingerprint density at radius 1 is 1.22 bits per heavy atom. The van der Waals surface area contributed by atoms with E-state index < -0.39 is 0 Å². The van der Waals surface area contributed by atoms with Gasteiger partial charge in [-0.2, -0.15) is 0 Å². The summed E-state index contributed by atoms with van der Waals surface area (Å²) in [5, 5.41) is 9.38. The van der Waals surface area contributed by atoms with Crippen molar-refractivity contribution in [1.29, 1.82) is 0 Å². The van der Waals surface area contributed by atoms with Crippen molar-refractivity contribution in [2.45, 2.75) is 50.1 Å². The lowest BCUT2D eigenvalue weighted by Crippen LogP contribution is -2.38. The van der Waals surface area contributed by atoms with Crippen molar-refractivity contribution in [2.24, 2.45) is 0 Å². The molecule has 0 bridgehead atoms. The smallest absolute Gasteiger partial charge is 0.228 e. The summed E-state index contributed by atoms with van der Waals surface area (Å²) in [4.78, 5) is 15.2. The van der Waals surface area contributed by atoms with Crippen LogP contribution in [0, 0.1) is 0 Å². The zero-order valence-corrected chi connectivity index (χ0v) is 16.8. The predicted octanol–water partition coefficient (Wildman–Crippen LogP) is 2.99. The largest absolute Gasteiger partial charge is 0.378 e. The number of fused-ring (bicyclic) bond motifs is 1.